The van der Waals surface area contributed by atoms with E-state index in [1.54, 1.807) is 26.8 Å². The third kappa shape index (κ3) is 1.91. The number of rotatable bonds is 1. The number of carboxylic acid groups (broad SMARTS) is 1. The van der Waals surface area contributed by atoms with Crippen molar-refractivity contribution in [2.24, 2.45) is 28.6 Å². The van der Waals surface area contributed by atoms with Crippen molar-refractivity contribution >= 4 is 11.8 Å². The Hall–Kier alpha value is -1.53. The first-order valence-electron chi connectivity index (χ1n) is 9.70. The zero-order valence-corrected chi connectivity index (χ0v) is 15.9. The second-order valence-corrected chi connectivity index (χ2v) is 9.47. The van der Waals surface area contributed by atoms with Gasteiger partial charge in [0.05, 0.1) is 6.10 Å². The summed E-state index contributed by atoms with van der Waals surface area (Å²) >= 11 is 0. The van der Waals surface area contributed by atoms with Crippen LogP contribution in [-0.4, -0.2) is 44.4 Å². The van der Waals surface area contributed by atoms with Gasteiger partial charge in [-0.05, 0) is 56.6 Å². The van der Waals surface area contributed by atoms with Gasteiger partial charge in [0, 0.05) is 16.7 Å². The number of hydrogen-bond acceptors (Lipinski definition) is 4. The lowest BCUT2D eigenvalue weighted by molar-refractivity contribution is -0.225. The maximum absolute atomic E-state index is 16.8. The summed E-state index contributed by atoms with van der Waals surface area (Å²) in [5, 5.41) is 31.9. The number of carbonyl (C=O) groups excluding carboxylic acids is 1. The number of fused-ring (bicyclic) bond motifs is 5. The first-order valence-corrected chi connectivity index (χ1v) is 9.70. The highest BCUT2D eigenvalue weighted by Gasteiger charge is 2.76. The smallest absolute Gasteiger partial charge is 0.336 e. The molecule has 0 aromatic rings. The van der Waals surface area contributed by atoms with Crippen LogP contribution >= 0.6 is 0 Å². The molecule has 0 aromatic carbocycles. The predicted molar refractivity (Wildman–Crippen MR) is 95.5 cm³/mol. The van der Waals surface area contributed by atoms with Crippen molar-refractivity contribution in [3.63, 3.8) is 0 Å². The van der Waals surface area contributed by atoms with Crippen molar-refractivity contribution in [3.05, 3.63) is 23.8 Å². The summed E-state index contributed by atoms with van der Waals surface area (Å²) in [5.41, 5.74) is -5.51. The average Bonchev–Trinajstić information content (AvgIpc) is 2.79. The molecule has 27 heavy (non-hydrogen) atoms. The highest BCUT2D eigenvalue weighted by atomic mass is 19.1. The van der Waals surface area contributed by atoms with Crippen LogP contribution in [0.15, 0.2) is 23.8 Å². The molecular formula is C21H27FO5. The Labute approximate surface area is 158 Å². The van der Waals surface area contributed by atoms with E-state index in [4.69, 9.17) is 0 Å². The Bertz CT molecular complexity index is 789. The lowest BCUT2D eigenvalue weighted by atomic mass is 9.45. The molecule has 0 heterocycles. The monoisotopic (exact) mass is 378 g/mol. The minimum Gasteiger partial charge on any atom is -0.479 e. The normalized spacial score (nSPS) is 54.0. The molecule has 6 heteroatoms. The fraction of sp³-hybridized carbons (Fsp3) is 0.714. The summed E-state index contributed by atoms with van der Waals surface area (Å²) < 4.78 is 16.8. The minimum absolute atomic E-state index is 0.123. The number of aliphatic hydroxyl groups is 2. The summed E-state index contributed by atoms with van der Waals surface area (Å²) in [7, 11) is 0. The van der Waals surface area contributed by atoms with Crippen molar-refractivity contribution < 1.29 is 29.3 Å². The Morgan fingerprint density at radius 1 is 1.30 bits per heavy atom. The number of carboxylic acids is 1. The molecule has 3 fully saturated rings. The third-order valence-corrected chi connectivity index (χ3v) is 8.55. The van der Waals surface area contributed by atoms with E-state index in [0.29, 0.717) is 24.8 Å². The van der Waals surface area contributed by atoms with E-state index in [2.05, 4.69) is 0 Å². The highest BCUT2D eigenvalue weighted by Crippen LogP contribution is 2.70. The van der Waals surface area contributed by atoms with Crippen molar-refractivity contribution in [2.45, 2.75) is 63.8 Å². The first kappa shape index (κ1) is 18.8. The van der Waals surface area contributed by atoms with E-state index in [1.807, 2.05) is 0 Å². The average molecular weight is 378 g/mol. The largest absolute Gasteiger partial charge is 0.479 e. The fourth-order valence-electron chi connectivity index (χ4n) is 7.00. The SMILES string of the molecule is C[C@@H]1C[C@H]2C3CCC4=CC(=O)C=C[C@]4(C)[C@@]3(F)[C@@H](O)C[C@]2(C)[C@@]1(O)C(=O)O. The first-order chi connectivity index (χ1) is 12.4. The number of alkyl halides is 1. The van der Waals surface area contributed by atoms with Crippen molar-refractivity contribution in [1.29, 1.82) is 0 Å². The van der Waals surface area contributed by atoms with Gasteiger partial charge in [0.2, 0.25) is 0 Å². The van der Waals surface area contributed by atoms with E-state index < -0.39 is 46.0 Å². The molecule has 4 aliphatic carbocycles. The van der Waals surface area contributed by atoms with Gasteiger partial charge in [-0.15, -0.1) is 0 Å². The fourth-order valence-corrected chi connectivity index (χ4v) is 7.00. The standard InChI is InChI=1S/C21H27FO5/c1-11-8-15-14-5-4-12-9-13(23)6-7-18(12,2)20(14,22)16(24)10-19(15,3)21(11,27)17(25)26/h6-7,9,11,14-16,24,27H,4-5,8,10H2,1-3H3,(H,25,26)/t11-,14?,15+,16+,18+,19+,20+,21+/m1/s1. The quantitative estimate of drug-likeness (QED) is 0.651. The summed E-state index contributed by atoms with van der Waals surface area (Å²) in [4.78, 5) is 23.8. The molecule has 5 nitrogen and oxygen atoms in total. The van der Waals surface area contributed by atoms with Crippen LogP contribution < -0.4 is 0 Å². The van der Waals surface area contributed by atoms with Crippen LogP contribution in [0.4, 0.5) is 4.39 Å². The van der Waals surface area contributed by atoms with Crippen molar-refractivity contribution in [2.75, 3.05) is 0 Å². The number of aliphatic carboxylic acids is 1. The van der Waals surface area contributed by atoms with E-state index in [1.165, 1.54) is 12.2 Å². The molecule has 4 aliphatic rings. The van der Waals surface area contributed by atoms with E-state index in [9.17, 15) is 24.9 Å². The van der Waals surface area contributed by atoms with Gasteiger partial charge >= 0.3 is 5.97 Å². The van der Waals surface area contributed by atoms with Crippen LogP contribution in [0.5, 0.6) is 0 Å². The van der Waals surface area contributed by atoms with Crippen LogP contribution in [0, 0.1) is 28.6 Å². The molecule has 8 atom stereocenters. The number of halogens is 1. The third-order valence-electron chi connectivity index (χ3n) is 8.55. The molecular weight excluding hydrogens is 351 g/mol. The van der Waals surface area contributed by atoms with E-state index in [0.717, 1.165) is 0 Å². The molecule has 0 aromatic heterocycles. The van der Waals surface area contributed by atoms with Gasteiger partial charge in [-0.1, -0.05) is 25.5 Å². The van der Waals surface area contributed by atoms with E-state index >= 15 is 4.39 Å². The molecule has 0 saturated heterocycles. The van der Waals surface area contributed by atoms with Crippen LogP contribution in [0.25, 0.3) is 0 Å². The highest BCUT2D eigenvalue weighted by molar-refractivity contribution is 6.01. The zero-order valence-electron chi connectivity index (χ0n) is 15.9. The molecule has 0 amide bonds. The van der Waals surface area contributed by atoms with Gasteiger partial charge < -0.3 is 15.3 Å². The summed E-state index contributed by atoms with van der Waals surface area (Å²) in [6.45, 7) is 5.10. The second-order valence-electron chi connectivity index (χ2n) is 9.47. The van der Waals surface area contributed by atoms with Gasteiger partial charge in [-0.3, -0.25) is 4.79 Å². The van der Waals surface area contributed by atoms with Gasteiger partial charge in [-0.25, -0.2) is 9.18 Å². The zero-order chi connectivity index (χ0) is 20.0. The maximum atomic E-state index is 16.8. The molecule has 0 radical (unpaired) electrons. The summed E-state index contributed by atoms with van der Waals surface area (Å²) in [6, 6.07) is 0. The van der Waals surface area contributed by atoms with E-state index in [-0.39, 0.29) is 18.1 Å². The predicted octanol–water partition coefficient (Wildman–Crippen LogP) is 2.42. The Morgan fingerprint density at radius 2 is 1.96 bits per heavy atom. The van der Waals surface area contributed by atoms with Crippen LogP contribution in [0.1, 0.15) is 46.5 Å². The molecule has 1 unspecified atom stereocenters. The Balaban J connectivity index is 1.85. The number of allylic oxidation sites excluding steroid dienone is 4. The molecule has 0 aliphatic heterocycles. The van der Waals surface area contributed by atoms with Gasteiger partial charge in [0.15, 0.2) is 17.1 Å². The summed E-state index contributed by atoms with van der Waals surface area (Å²) in [5.74, 6) is -2.94. The molecule has 3 N–H and O–H groups in total. The molecule has 4 rings (SSSR count). The Kier molecular flexibility index (Phi) is 3.69. The number of ketones is 1. The number of aliphatic hydroxyl groups excluding tert-OH is 1. The maximum Gasteiger partial charge on any atom is 0.336 e. The van der Waals surface area contributed by atoms with Crippen LogP contribution in [0.2, 0.25) is 0 Å². The number of carbonyl (C=O) groups is 2. The van der Waals surface area contributed by atoms with Crippen LogP contribution in [-0.2, 0) is 9.59 Å². The summed E-state index contributed by atoms with van der Waals surface area (Å²) in [6.07, 6.45) is 4.22. The number of hydrogen-bond donors (Lipinski definition) is 3. The van der Waals surface area contributed by atoms with Gasteiger partial charge in [0.25, 0.3) is 0 Å². The van der Waals surface area contributed by atoms with Crippen molar-refractivity contribution in [3.8, 4) is 0 Å². The lowest BCUT2D eigenvalue weighted by Crippen LogP contribution is -2.69. The lowest BCUT2D eigenvalue weighted by Gasteiger charge is -2.62. The molecule has 0 spiro atoms. The molecule has 0 bridgehead atoms. The van der Waals surface area contributed by atoms with Gasteiger partial charge in [0.1, 0.15) is 0 Å². The van der Waals surface area contributed by atoms with Crippen LogP contribution in [0.3, 0.4) is 0 Å². The molecule has 148 valence electrons. The minimum atomic E-state index is -2.00. The topological polar surface area (TPSA) is 94.8 Å². The van der Waals surface area contributed by atoms with Crippen molar-refractivity contribution in [1.82, 2.24) is 0 Å². The molecule has 3 saturated carbocycles. The second kappa shape index (κ2) is 5.29. The van der Waals surface area contributed by atoms with Gasteiger partial charge in [-0.2, -0.15) is 0 Å². The Morgan fingerprint density at radius 3 is 2.59 bits per heavy atom.